The van der Waals surface area contributed by atoms with Crippen LogP contribution in [0, 0.1) is 0 Å². The lowest BCUT2D eigenvalue weighted by molar-refractivity contribution is -0.128. The molecule has 0 radical (unpaired) electrons. The van der Waals surface area contributed by atoms with E-state index in [4.69, 9.17) is 14.2 Å². The minimum Gasteiger partial charge on any atom is -0.497 e. The maximum absolute atomic E-state index is 12.0. The number of rotatable bonds is 5. The fourth-order valence-corrected chi connectivity index (χ4v) is 1.65. The summed E-state index contributed by atoms with van der Waals surface area (Å²) in [6.07, 6.45) is 1.06. The maximum Gasteiger partial charge on any atom is 0.343 e. The van der Waals surface area contributed by atoms with Crippen LogP contribution in [0.4, 0.5) is 0 Å². The molecule has 2 aromatic carbocycles. The fraction of sp³-hybridized carbons (Fsp3) is 0.0588. The summed E-state index contributed by atoms with van der Waals surface area (Å²) in [4.78, 5) is 23.1. The van der Waals surface area contributed by atoms with Crippen molar-refractivity contribution in [3.8, 4) is 17.2 Å². The van der Waals surface area contributed by atoms with Gasteiger partial charge >= 0.3 is 11.9 Å². The molecule has 2 rings (SSSR count). The van der Waals surface area contributed by atoms with Crippen LogP contribution in [0.2, 0.25) is 0 Å². The first kappa shape index (κ1) is 15.3. The first-order chi connectivity index (χ1) is 10.6. The van der Waals surface area contributed by atoms with Crippen molar-refractivity contribution in [2.75, 3.05) is 7.11 Å². The third kappa shape index (κ3) is 3.96. The van der Waals surface area contributed by atoms with Gasteiger partial charge in [0.15, 0.2) is 0 Å². The molecule has 0 fully saturated rings. The van der Waals surface area contributed by atoms with Gasteiger partial charge in [0.25, 0.3) is 0 Å². The molecule has 0 heterocycles. The van der Waals surface area contributed by atoms with Gasteiger partial charge in [-0.2, -0.15) is 0 Å². The van der Waals surface area contributed by atoms with Crippen molar-refractivity contribution in [1.29, 1.82) is 0 Å². The fourth-order valence-electron chi connectivity index (χ4n) is 1.65. The Bertz CT molecular complexity index is 688. The summed E-state index contributed by atoms with van der Waals surface area (Å²) in [5, 5.41) is 0. The quantitative estimate of drug-likeness (QED) is 0.482. The monoisotopic (exact) mass is 298 g/mol. The van der Waals surface area contributed by atoms with Crippen molar-refractivity contribution in [1.82, 2.24) is 0 Å². The summed E-state index contributed by atoms with van der Waals surface area (Å²) in [6, 6.07) is 12.8. The van der Waals surface area contributed by atoms with E-state index in [0.29, 0.717) is 22.8 Å². The van der Waals surface area contributed by atoms with Gasteiger partial charge in [-0.1, -0.05) is 12.6 Å². The molecule has 5 heteroatoms. The van der Waals surface area contributed by atoms with Gasteiger partial charge in [-0.3, -0.25) is 0 Å². The van der Waals surface area contributed by atoms with Gasteiger partial charge in [0.2, 0.25) is 0 Å². The molecule has 0 atom stereocenters. The topological polar surface area (TPSA) is 61.8 Å². The molecule has 112 valence electrons. The molecule has 0 aliphatic heterocycles. The van der Waals surface area contributed by atoms with Crippen LogP contribution < -0.4 is 14.2 Å². The maximum atomic E-state index is 12.0. The third-order valence-electron chi connectivity index (χ3n) is 2.73. The van der Waals surface area contributed by atoms with Crippen molar-refractivity contribution < 1.29 is 23.8 Å². The predicted molar refractivity (Wildman–Crippen MR) is 80.2 cm³/mol. The summed E-state index contributed by atoms with van der Waals surface area (Å²) < 4.78 is 15.2. The highest BCUT2D eigenvalue weighted by Gasteiger charge is 2.10. The van der Waals surface area contributed by atoms with E-state index in [1.807, 2.05) is 0 Å². The first-order valence-electron chi connectivity index (χ1n) is 6.43. The Kier molecular flexibility index (Phi) is 4.93. The Hall–Kier alpha value is -3.08. The van der Waals surface area contributed by atoms with E-state index in [1.54, 1.807) is 24.3 Å². The van der Waals surface area contributed by atoms with Gasteiger partial charge in [-0.25, -0.2) is 9.59 Å². The highest BCUT2D eigenvalue weighted by Crippen LogP contribution is 2.20. The van der Waals surface area contributed by atoms with Gasteiger partial charge in [-0.15, -0.1) is 0 Å². The van der Waals surface area contributed by atoms with E-state index in [-0.39, 0.29) is 0 Å². The Morgan fingerprint density at radius 1 is 0.955 bits per heavy atom. The van der Waals surface area contributed by atoms with Gasteiger partial charge in [0, 0.05) is 12.1 Å². The predicted octanol–water partition coefficient (Wildman–Crippen LogP) is 3.01. The second-order valence-corrected chi connectivity index (χ2v) is 4.22. The van der Waals surface area contributed by atoms with Gasteiger partial charge in [0.05, 0.1) is 12.7 Å². The van der Waals surface area contributed by atoms with Crippen LogP contribution in [0.1, 0.15) is 10.4 Å². The number of ether oxygens (including phenoxy) is 3. The molecule has 2 aromatic rings. The van der Waals surface area contributed by atoms with Crippen LogP contribution in [0.3, 0.4) is 0 Å². The van der Waals surface area contributed by atoms with Gasteiger partial charge < -0.3 is 14.2 Å². The molecule has 0 saturated heterocycles. The Morgan fingerprint density at radius 2 is 1.64 bits per heavy atom. The smallest absolute Gasteiger partial charge is 0.343 e. The van der Waals surface area contributed by atoms with Crippen molar-refractivity contribution in [2.45, 2.75) is 0 Å². The molecule has 0 saturated carbocycles. The highest BCUT2D eigenvalue weighted by molar-refractivity contribution is 5.91. The zero-order valence-electron chi connectivity index (χ0n) is 11.9. The highest BCUT2D eigenvalue weighted by atomic mass is 16.5. The Morgan fingerprint density at radius 3 is 2.27 bits per heavy atom. The van der Waals surface area contributed by atoms with Crippen LogP contribution in [-0.2, 0) is 4.79 Å². The summed E-state index contributed by atoms with van der Waals surface area (Å²) in [7, 11) is 1.53. The largest absolute Gasteiger partial charge is 0.497 e. The van der Waals surface area contributed by atoms with E-state index in [9.17, 15) is 9.59 Å². The van der Waals surface area contributed by atoms with E-state index in [1.165, 1.54) is 31.4 Å². The van der Waals surface area contributed by atoms with E-state index < -0.39 is 11.9 Å². The molecule has 0 bridgehead atoms. The van der Waals surface area contributed by atoms with Crippen LogP contribution in [0.15, 0.2) is 61.2 Å². The van der Waals surface area contributed by atoms with Gasteiger partial charge in [0.1, 0.15) is 17.2 Å². The lowest BCUT2D eigenvalue weighted by Gasteiger charge is -2.07. The standard InChI is InChI=1S/C17H14O5/c1-3-16(18)21-13-9-7-12(8-10-13)17(19)22-15-6-4-5-14(11-15)20-2/h3-11H,1H2,2H3. The van der Waals surface area contributed by atoms with Crippen LogP contribution in [-0.4, -0.2) is 19.0 Å². The van der Waals surface area contributed by atoms with Crippen LogP contribution in [0.25, 0.3) is 0 Å². The minimum absolute atomic E-state index is 0.322. The Labute approximate surface area is 127 Å². The number of hydrogen-bond donors (Lipinski definition) is 0. The average molecular weight is 298 g/mol. The lowest BCUT2D eigenvalue weighted by Crippen LogP contribution is -2.09. The van der Waals surface area contributed by atoms with E-state index >= 15 is 0 Å². The minimum atomic E-state index is -0.563. The van der Waals surface area contributed by atoms with Crippen molar-refractivity contribution in [2.24, 2.45) is 0 Å². The summed E-state index contributed by atoms with van der Waals surface area (Å²) >= 11 is 0. The molecule has 5 nitrogen and oxygen atoms in total. The second-order valence-electron chi connectivity index (χ2n) is 4.22. The number of benzene rings is 2. The lowest BCUT2D eigenvalue weighted by atomic mass is 10.2. The number of methoxy groups -OCH3 is 1. The number of hydrogen-bond acceptors (Lipinski definition) is 5. The van der Waals surface area contributed by atoms with Gasteiger partial charge in [-0.05, 0) is 36.4 Å². The number of esters is 2. The normalized spacial score (nSPS) is 9.68. The Balaban J connectivity index is 2.06. The molecule has 0 unspecified atom stereocenters. The molecule has 0 spiro atoms. The summed E-state index contributed by atoms with van der Waals surface area (Å²) in [6.45, 7) is 3.30. The van der Waals surface area contributed by atoms with E-state index in [0.717, 1.165) is 6.08 Å². The molecule has 0 aliphatic rings. The summed E-state index contributed by atoms with van der Waals surface area (Å²) in [5.74, 6) is 0.216. The third-order valence-corrected chi connectivity index (χ3v) is 2.73. The zero-order valence-corrected chi connectivity index (χ0v) is 11.9. The second kappa shape index (κ2) is 7.08. The molecule has 0 aromatic heterocycles. The molecule has 0 aliphatic carbocycles. The zero-order chi connectivity index (χ0) is 15.9. The molecule has 22 heavy (non-hydrogen) atoms. The van der Waals surface area contributed by atoms with Crippen molar-refractivity contribution >= 4 is 11.9 Å². The van der Waals surface area contributed by atoms with Crippen LogP contribution in [0.5, 0.6) is 17.2 Å². The van der Waals surface area contributed by atoms with E-state index in [2.05, 4.69) is 6.58 Å². The molecule has 0 N–H and O–H groups in total. The number of carbonyl (C=O) groups is 2. The molecular weight excluding hydrogens is 284 g/mol. The average Bonchev–Trinajstić information content (AvgIpc) is 2.55. The number of carbonyl (C=O) groups excluding carboxylic acids is 2. The molecular formula is C17H14O5. The molecule has 0 amide bonds. The first-order valence-corrected chi connectivity index (χ1v) is 6.43. The van der Waals surface area contributed by atoms with Crippen molar-refractivity contribution in [3.05, 3.63) is 66.7 Å². The van der Waals surface area contributed by atoms with Crippen molar-refractivity contribution in [3.63, 3.8) is 0 Å². The SMILES string of the molecule is C=CC(=O)Oc1ccc(C(=O)Oc2cccc(OC)c2)cc1. The summed E-state index contributed by atoms with van der Waals surface area (Å²) in [5.41, 5.74) is 0.334. The van der Waals surface area contributed by atoms with Crippen LogP contribution >= 0.6 is 0 Å².